The highest BCUT2D eigenvalue weighted by molar-refractivity contribution is 7.09. The van der Waals surface area contributed by atoms with E-state index in [0.717, 1.165) is 31.4 Å². The lowest BCUT2D eigenvalue weighted by atomic mass is 9.99. The molecule has 24 heavy (non-hydrogen) atoms. The van der Waals surface area contributed by atoms with E-state index in [1.165, 1.54) is 50.2 Å². The first-order chi connectivity index (χ1) is 11.7. The van der Waals surface area contributed by atoms with Crippen LogP contribution in [0.2, 0.25) is 0 Å². The molecule has 1 aliphatic rings. The van der Waals surface area contributed by atoms with Crippen LogP contribution < -0.4 is 5.32 Å². The van der Waals surface area contributed by atoms with Crippen molar-refractivity contribution in [3.05, 3.63) is 22.4 Å². The molecule has 0 unspecified atom stereocenters. The number of rotatable bonds is 8. The molecule has 0 aliphatic carbocycles. The van der Waals surface area contributed by atoms with Crippen LogP contribution in [0, 0.1) is 5.92 Å². The lowest BCUT2D eigenvalue weighted by molar-refractivity contribution is 0.189. The van der Waals surface area contributed by atoms with Crippen LogP contribution in [0.5, 0.6) is 0 Å². The molecule has 0 radical (unpaired) electrons. The van der Waals surface area contributed by atoms with E-state index in [1.807, 2.05) is 18.4 Å². The van der Waals surface area contributed by atoms with Crippen LogP contribution in [0.15, 0.2) is 22.5 Å². The topological polar surface area (TPSA) is 30.9 Å². The Hall–Kier alpha value is -1.07. The van der Waals surface area contributed by atoms with Gasteiger partial charge in [0.15, 0.2) is 5.96 Å². The molecule has 1 N–H and O–H groups in total. The predicted molar refractivity (Wildman–Crippen MR) is 106 cm³/mol. The fourth-order valence-electron chi connectivity index (χ4n) is 3.17. The number of thiophene rings is 1. The number of aliphatic imine (C=N–C) groups is 1. The van der Waals surface area contributed by atoms with E-state index in [0.29, 0.717) is 0 Å². The zero-order valence-corrected chi connectivity index (χ0v) is 16.4. The van der Waals surface area contributed by atoms with Gasteiger partial charge in [-0.2, -0.15) is 0 Å². The van der Waals surface area contributed by atoms with Crippen LogP contribution in [0.25, 0.3) is 0 Å². The number of hydrogen-bond donors (Lipinski definition) is 1. The maximum atomic E-state index is 4.41. The van der Waals surface area contributed by atoms with Crippen molar-refractivity contribution in [2.45, 2.75) is 39.0 Å². The van der Waals surface area contributed by atoms with Gasteiger partial charge < -0.3 is 15.1 Å². The van der Waals surface area contributed by atoms with Crippen LogP contribution in [-0.4, -0.2) is 62.6 Å². The third-order valence-corrected chi connectivity index (χ3v) is 5.84. The van der Waals surface area contributed by atoms with E-state index < -0.39 is 0 Å². The molecule has 0 aromatic carbocycles. The smallest absolute Gasteiger partial charge is 0.193 e. The van der Waals surface area contributed by atoms with Crippen LogP contribution >= 0.6 is 11.3 Å². The van der Waals surface area contributed by atoms with E-state index >= 15 is 0 Å². The van der Waals surface area contributed by atoms with Crippen molar-refractivity contribution in [2.75, 3.05) is 46.8 Å². The van der Waals surface area contributed by atoms with E-state index in [4.69, 9.17) is 0 Å². The first kappa shape index (κ1) is 19.3. The highest BCUT2D eigenvalue weighted by atomic mass is 32.1. The maximum absolute atomic E-state index is 4.41. The third-order valence-electron chi connectivity index (χ3n) is 4.91. The van der Waals surface area contributed by atoms with E-state index in [-0.39, 0.29) is 0 Å². The number of likely N-dealkylation sites (N-methyl/N-ethyl adjacent to an activating group) is 1. The Morgan fingerprint density at radius 2 is 2.17 bits per heavy atom. The monoisotopic (exact) mass is 350 g/mol. The van der Waals surface area contributed by atoms with Crippen LogP contribution in [0.4, 0.5) is 0 Å². The molecule has 1 fully saturated rings. The van der Waals surface area contributed by atoms with Gasteiger partial charge in [-0.25, -0.2) is 0 Å². The molecule has 0 bridgehead atoms. The highest BCUT2D eigenvalue weighted by Gasteiger charge is 2.14. The first-order valence-corrected chi connectivity index (χ1v) is 10.2. The molecular weight excluding hydrogens is 316 g/mol. The predicted octanol–water partition coefficient (Wildman–Crippen LogP) is 3.31. The van der Waals surface area contributed by atoms with Gasteiger partial charge in [0.05, 0.1) is 0 Å². The lowest BCUT2D eigenvalue weighted by Gasteiger charge is -2.30. The number of hydrogen-bond acceptors (Lipinski definition) is 3. The quantitative estimate of drug-likeness (QED) is 0.443. The normalized spacial score (nSPS) is 17.2. The molecule has 0 saturated carbocycles. The van der Waals surface area contributed by atoms with Crippen molar-refractivity contribution in [3.63, 3.8) is 0 Å². The summed E-state index contributed by atoms with van der Waals surface area (Å²) in [6, 6.07) is 4.33. The Morgan fingerprint density at radius 3 is 2.83 bits per heavy atom. The van der Waals surface area contributed by atoms with Crippen LogP contribution in [0.3, 0.4) is 0 Å². The third kappa shape index (κ3) is 6.81. The van der Waals surface area contributed by atoms with E-state index in [1.54, 1.807) is 0 Å². The molecule has 0 amide bonds. The van der Waals surface area contributed by atoms with Gasteiger partial charge in [0.1, 0.15) is 0 Å². The van der Waals surface area contributed by atoms with Gasteiger partial charge in [0.2, 0.25) is 0 Å². The summed E-state index contributed by atoms with van der Waals surface area (Å²) >= 11 is 1.83. The SMILES string of the molecule is CN=C(NCCCCN1CCC(C)CC1)N(C)CCc1cccs1. The molecule has 4 nitrogen and oxygen atoms in total. The Morgan fingerprint density at radius 1 is 1.38 bits per heavy atom. The van der Waals surface area contributed by atoms with Gasteiger partial charge >= 0.3 is 0 Å². The first-order valence-electron chi connectivity index (χ1n) is 9.35. The van der Waals surface area contributed by atoms with E-state index in [2.05, 4.69) is 51.6 Å². The second-order valence-corrected chi connectivity index (χ2v) is 7.99. The molecule has 2 rings (SSSR count). The Bertz CT molecular complexity index is 464. The van der Waals surface area contributed by atoms with Crippen molar-refractivity contribution in [2.24, 2.45) is 10.9 Å². The van der Waals surface area contributed by atoms with Gasteiger partial charge in [0.25, 0.3) is 0 Å². The lowest BCUT2D eigenvalue weighted by Crippen LogP contribution is -2.40. The average molecular weight is 351 g/mol. The molecule has 2 heterocycles. The Kier molecular flexibility index (Phi) is 8.60. The fourth-order valence-corrected chi connectivity index (χ4v) is 3.87. The molecule has 1 aromatic heterocycles. The molecule has 1 aromatic rings. The summed E-state index contributed by atoms with van der Waals surface area (Å²) in [5.74, 6) is 1.94. The second kappa shape index (κ2) is 10.7. The summed E-state index contributed by atoms with van der Waals surface area (Å²) in [6.07, 6.45) is 6.32. The van der Waals surface area contributed by atoms with Crippen LogP contribution in [0.1, 0.15) is 37.5 Å². The summed E-state index contributed by atoms with van der Waals surface area (Å²) < 4.78 is 0. The van der Waals surface area contributed by atoms with Gasteiger partial charge in [-0.3, -0.25) is 4.99 Å². The van der Waals surface area contributed by atoms with Crippen molar-refractivity contribution < 1.29 is 0 Å². The average Bonchev–Trinajstić information content (AvgIpc) is 3.11. The fraction of sp³-hybridized carbons (Fsp3) is 0.737. The Balaban J connectivity index is 1.56. The molecule has 0 spiro atoms. The standard InChI is InChI=1S/C19H34N4S/c1-17-8-14-23(15-9-17)12-5-4-11-21-19(20-2)22(3)13-10-18-7-6-16-24-18/h6-7,16-17H,4-5,8-15H2,1-3H3,(H,20,21). The van der Waals surface area contributed by atoms with Crippen molar-refractivity contribution in [3.8, 4) is 0 Å². The summed E-state index contributed by atoms with van der Waals surface area (Å²) in [5.41, 5.74) is 0. The van der Waals surface area contributed by atoms with Gasteiger partial charge in [0, 0.05) is 32.1 Å². The van der Waals surface area contributed by atoms with Gasteiger partial charge in [-0.15, -0.1) is 11.3 Å². The molecule has 1 aliphatic heterocycles. The Labute approximate surface area is 152 Å². The minimum Gasteiger partial charge on any atom is -0.356 e. The van der Waals surface area contributed by atoms with Crippen molar-refractivity contribution >= 4 is 17.3 Å². The number of unbranched alkanes of at least 4 members (excludes halogenated alkanes) is 1. The number of piperidine rings is 1. The van der Waals surface area contributed by atoms with Crippen molar-refractivity contribution in [1.29, 1.82) is 0 Å². The molecule has 1 saturated heterocycles. The summed E-state index contributed by atoms with van der Waals surface area (Å²) in [7, 11) is 4.00. The molecular formula is C19H34N4S. The van der Waals surface area contributed by atoms with Crippen molar-refractivity contribution in [1.82, 2.24) is 15.1 Å². The molecule has 0 atom stereocenters. The van der Waals surface area contributed by atoms with Gasteiger partial charge in [-0.05, 0) is 69.1 Å². The number of likely N-dealkylation sites (tertiary alicyclic amines) is 1. The largest absolute Gasteiger partial charge is 0.356 e. The van der Waals surface area contributed by atoms with Crippen LogP contribution in [-0.2, 0) is 6.42 Å². The number of nitrogens with zero attached hydrogens (tertiary/aromatic N) is 3. The molecule has 136 valence electrons. The summed E-state index contributed by atoms with van der Waals surface area (Å²) in [4.78, 5) is 10.7. The molecule has 5 heteroatoms. The zero-order chi connectivity index (χ0) is 17.2. The number of nitrogens with one attached hydrogen (secondary N) is 1. The minimum absolute atomic E-state index is 0.927. The summed E-state index contributed by atoms with van der Waals surface area (Å²) in [5, 5.41) is 5.65. The maximum Gasteiger partial charge on any atom is 0.193 e. The second-order valence-electron chi connectivity index (χ2n) is 6.96. The van der Waals surface area contributed by atoms with Gasteiger partial charge in [-0.1, -0.05) is 13.0 Å². The highest BCUT2D eigenvalue weighted by Crippen LogP contribution is 2.16. The summed E-state index contributed by atoms with van der Waals surface area (Å²) in [6.45, 7) is 8.24. The number of guanidine groups is 1. The zero-order valence-electron chi connectivity index (χ0n) is 15.6. The van der Waals surface area contributed by atoms with E-state index in [9.17, 15) is 0 Å². The minimum atomic E-state index is 0.927.